The van der Waals surface area contributed by atoms with Gasteiger partial charge in [-0.15, -0.1) is 0 Å². The Labute approximate surface area is 90.8 Å². The van der Waals surface area contributed by atoms with E-state index in [4.69, 9.17) is 10.5 Å². The van der Waals surface area contributed by atoms with Gasteiger partial charge in [-0.1, -0.05) is 12.1 Å². The summed E-state index contributed by atoms with van der Waals surface area (Å²) >= 11 is 0. The van der Waals surface area contributed by atoms with Crippen molar-refractivity contribution in [2.75, 3.05) is 26.0 Å². The lowest BCUT2D eigenvalue weighted by molar-refractivity contribution is 0.172. The van der Waals surface area contributed by atoms with Crippen LogP contribution in [0.4, 0.5) is 5.69 Å². The molecule has 3 nitrogen and oxygen atoms in total. The lowest BCUT2D eigenvalue weighted by Crippen LogP contribution is -2.18. The van der Waals surface area contributed by atoms with Gasteiger partial charge in [-0.25, -0.2) is 0 Å². The summed E-state index contributed by atoms with van der Waals surface area (Å²) in [4.78, 5) is 2.42. The van der Waals surface area contributed by atoms with Crippen LogP contribution < -0.4 is 5.73 Å². The normalized spacial score (nSPS) is 15.5. The minimum Gasteiger partial charge on any atom is -0.398 e. The number of fused-ring (bicyclic) bond motifs is 1. The molecule has 82 valence electrons. The Bertz CT molecular complexity index is 338. The summed E-state index contributed by atoms with van der Waals surface area (Å²) in [5, 5.41) is 0. The van der Waals surface area contributed by atoms with E-state index >= 15 is 0 Å². The first-order valence-corrected chi connectivity index (χ1v) is 5.39. The molecule has 0 spiro atoms. The SMILES string of the molecule is COCCCN1Cc2cccc(N)c2C1. The maximum absolute atomic E-state index is 5.94. The molecule has 15 heavy (non-hydrogen) atoms. The van der Waals surface area contributed by atoms with Crippen LogP contribution >= 0.6 is 0 Å². The highest BCUT2D eigenvalue weighted by molar-refractivity contribution is 5.52. The van der Waals surface area contributed by atoms with Gasteiger partial charge in [0, 0.05) is 39.0 Å². The van der Waals surface area contributed by atoms with Gasteiger partial charge in [0.2, 0.25) is 0 Å². The van der Waals surface area contributed by atoms with Gasteiger partial charge in [0.1, 0.15) is 0 Å². The fourth-order valence-electron chi connectivity index (χ4n) is 2.11. The van der Waals surface area contributed by atoms with E-state index in [0.717, 1.165) is 38.3 Å². The van der Waals surface area contributed by atoms with Crippen LogP contribution in [0.1, 0.15) is 17.5 Å². The first kappa shape index (κ1) is 10.5. The molecule has 3 heteroatoms. The molecular formula is C12H18N2O. The van der Waals surface area contributed by atoms with Crippen LogP contribution in [0.2, 0.25) is 0 Å². The zero-order valence-electron chi connectivity index (χ0n) is 9.20. The zero-order valence-corrected chi connectivity index (χ0v) is 9.20. The fraction of sp³-hybridized carbons (Fsp3) is 0.500. The molecule has 0 atom stereocenters. The molecule has 0 aliphatic carbocycles. The maximum atomic E-state index is 5.94. The van der Waals surface area contributed by atoms with Gasteiger partial charge >= 0.3 is 0 Å². The standard InChI is InChI=1S/C12H18N2O/c1-15-7-3-6-14-8-10-4-2-5-12(13)11(10)9-14/h2,4-5H,3,6-9,13H2,1H3. The number of nitrogens with two attached hydrogens (primary N) is 1. The van der Waals surface area contributed by atoms with Crippen molar-refractivity contribution >= 4 is 5.69 Å². The number of nitrogen functional groups attached to an aromatic ring is 1. The Hall–Kier alpha value is -1.06. The van der Waals surface area contributed by atoms with E-state index in [0.29, 0.717) is 0 Å². The summed E-state index contributed by atoms with van der Waals surface area (Å²) in [6.45, 7) is 3.94. The summed E-state index contributed by atoms with van der Waals surface area (Å²) < 4.78 is 5.05. The first-order valence-electron chi connectivity index (χ1n) is 5.39. The second-order valence-corrected chi connectivity index (χ2v) is 4.04. The molecule has 0 saturated heterocycles. The van der Waals surface area contributed by atoms with Crippen LogP contribution in [0.3, 0.4) is 0 Å². The van der Waals surface area contributed by atoms with Crippen molar-refractivity contribution in [2.24, 2.45) is 0 Å². The lowest BCUT2D eigenvalue weighted by Gasteiger charge is -2.13. The van der Waals surface area contributed by atoms with Crippen molar-refractivity contribution in [1.29, 1.82) is 0 Å². The van der Waals surface area contributed by atoms with Gasteiger partial charge < -0.3 is 10.5 Å². The summed E-state index contributed by atoms with van der Waals surface area (Å²) in [7, 11) is 1.75. The van der Waals surface area contributed by atoms with E-state index in [9.17, 15) is 0 Å². The van der Waals surface area contributed by atoms with Gasteiger partial charge in [-0.05, 0) is 23.6 Å². The molecule has 1 aliphatic heterocycles. The fourth-order valence-corrected chi connectivity index (χ4v) is 2.11. The van der Waals surface area contributed by atoms with E-state index in [1.165, 1.54) is 11.1 Å². The van der Waals surface area contributed by atoms with E-state index in [1.54, 1.807) is 7.11 Å². The number of ether oxygens (including phenoxy) is 1. The van der Waals surface area contributed by atoms with Gasteiger partial charge in [0.05, 0.1) is 0 Å². The monoisotopic (exact) mass is 206 g/mol. The molecule has 1 aliphatic rings. The van der Waals surface area contributed by atoms with E-state index in [1.807, 2.05) is 12.1 Å². The van der Waals surface area contributed by atoms with Crippen LogP contribution in [-0.2, 0) is 17.8 Å². The zero-order chi connectivity index (χ0) is 10.7. The Morgan fingerprint density at radius 2 is 2.27 bits per heavy atom. The van der Waals surface area contributed by atoms with Crippen LogP contribution in [0.15, 0.2) is 18.2 Å². The number of hydrogen-bond donors (Lipinski definition) is 1. The molecule has 1 heterocycles. The molecule has 0 aromatic heterocycles. The van der Waals surface area contributed by atoms with Crippen LogP contribution in [0.25, 0.3) is 0 Å². The third-order valence-corrected chi connectivity index (χ3v) is 2.91. The number of benzene rings is 1. The number of nitrogens with zero attached hydrogens (tertiary/aromatic N) is 1. The van der Waals surface area contributed by atoms with E-state index in [2.05, 4.69) is 11.0 Å². The van der Waals surface area contributed by atoms with Gasteiger partial charge in [-0.2, -0.15) is 0 Å². The number of anilines is 1. The van der Waals surface area contributed by atoms with Crippen LogP contribution in [0.5, 0.6) is 0 Å². The summed E-state index contributed by atoms with van der Waals surface area (Å²) in [5.41, 5.74) is 9.57. The van der Waals surface area contributed by atoms with Crippen molar-refractivity contribution in [3.63, 3.8) is 0 Å². The van der Waals surface area contributed by atoms with Gasteiger partial charge in [0.25, 0.3) is 0 Å². The third-order valence-electron chi connectivity index (χ3n) is 2.91. The van der Waals surface area contributed by atoms with Crippen molar-refractivity contribution in [1.82, 2.24) is 4.90 Å². The van der Waals surface area contributed by atoms with Gasteiger partial charge in [0.15, 0.2) is 0 Å². The average Bonchev–Trinajstić information content (AvgIpc) is 2.63. The number of methoxy groups -OCH3 is 1. The molecule has 0 unspecified atom stereocenters. The minimum atomic E-state index is 0.836. The first-order chi connectivity index (χ1) is 7.31. The highest BCUT2D eigenvalue weighted by Gasteiger charge is 2.19. The smallest absolute Gasteiger partial charge is 0.0474 e. The number of hydrogen-bond acceptors (Lipinski definition) is 3. The Morgan fingerprint density at radius 3 is 3.00 bits per heavy atom. The largest absolute Gasteiger partial charge is 0.398 e. The highest BCUT2D eigenvalue weighted by atomic mass is 16.5. The molecule has 0 amide bonds. The molecule has 0 fully saturated rings. The van der Waals surface area contributed by atoms with E-state index in [-0.39, 0.29) is 0 Å². The van der Waals surface area contributed by atoms with E-state index < -0.39 is 0 Å². The maximum Gasteiger partial charge on any atom is 0.0474 e. The quantitative estimate of drug-likeness (QED) is 0.601. The minimum absolute atomic E-state index is 0.836. The van der Waals surface area contributed by atoms with Gasteiger partial charge in [-0.3, -0.25) is 4.90 Å². The lowest BCUT2D eigenvalue weighted by atomic mass is 10.1. The predicted molar refractivity (Wildman–Crippen MR) is 61.5 cm³/mol. The Balaban J connectivity index is 1.94. The van der Waals surface area contributed by atoms with Crippen molar-refractivity contribution in [3.8, 4) is 0 Å². The molecule has 1 aromatic carbocycles. The van der Waals surface area contributed by atoms with Crippen molar-refractivity contribution in [2.45, 2.75) is 19.5 Å². The Kier molecular flexibility index (Phi) is 3.23. The predicted octanol–water partition coefficient (Wildman–Crippen LogP) is 1.62. The Morgan fingerprint density at radius 1 is 1.40 bits per heavy atom. The molecule has 2 N–H and O–H groups in total. The van der Waals surface area contributed by atoms with Crippen molar-refractivity contribution in [3.05, 3.63) is 29.3 Å². The summed E-state index contributed by atoms with van der Waals surface area (Å²) in [5.74, 6) is 0. The third kappa shape index (κ3) is 2.30. The molecular weight excluding hydrogens is 188 g/mol. The highest BCUT2D eigenvalue weighted by Crippen LogP contribution is 2.27. The second-order valence-electron chi connectivity index (χ2n) is 4.04. The van der Waals surface area contributed by atoms with Crippen LogP contribution in [0, 0.1) is 0 Å². The molecule has 2 rings (SSSR count). The van der Waals surface area contributed by atoms with Crippen LogP contribution in [-0.4, -0.2) is 25.2 Å². The molecule has 0 radical (unpaired) electrons. The molecule has 1 aromatic rings. The second kappa shape index (κ2) is 4.64. The summed E-state index contributed by atoms with van der Waals surface area (Å²) in [6.07, 6.45) is 1.09. The number of rotatable bonds is 4. The van der Waals surface area contributed by atoms with Crippen molar-refractivity contribution < 1.29 is 4.74 Å². The topological polar surface area (TPSA) is 38.5 Å². The molecule has 0 saturated carbocycles. The summed E-state index contributed by atoms with van der Waals surface area (Å²) in [6, 6.07) is 6.19. The molecule has 0 bridgehead atoms. The average molecular weight is 206 g/mol.